The zero-order valence-electron chi connectivity index (χ0n) is 17.1. The van der Waals surface area contributed by atoms with Crippen LogP contribution in [-0.4, -0.2) is 29.9 Å². The van der Waals surface area contributed by atoms with Gasteiger partial charge >= 0.3 is 0 Å². The number of carbonyl (C=O) groups excluding carboxylic acids is 2. The molecule has 3 rings (SSSR count). The molecule has 0 radical (unpaired) electrons. The van der Waals surface area contributed by atoms with Crippen molar-refractivity contribution < 1.29 is 14.0 Å². The molecule has 1 aromatic rings. The number of rotatable bonds is 6. The molecule has 28 heavy (non-hydrogen) atoms. The highest BCUT2D eigenvalue weighted by atomic mass is 19.1. The van der Waals surface area contributed by atoms with Crippen molar-refractivity contribution in [3.05, 3.63) is 29.6 Å². The third-order valence-electron chi connectivity index (χ3n) is 6.24. The fourth-order valence-corrected chi connectivity index (χ4v) is 4.89. The Morgan fingerprint density at radius 3 is 2.61 bits per heavy atom. The molecule has 0 aromatic heterocycles. The van der Waals surface area contributed by atoms with E-state index >= 15 is 0 Å². The molecule has 1 aromatic carbocycles. The van der Waals surface area contributed by atoms with E-state index in [-0.39, 0.29) is 29.2 Å². The molecule has 2 amide bonds. The number of carbonyl (C=O) groups is 2. The average Bonchev–Trinajstić information content (AvgIpc) is 2.84. The average molecular weight is 390 g/mol. The number of benzene rings is 1. The van der Waals surface area contributed by atoms with Gasteiger partial charge in [0.15, 0.2) is 0 Å². The van der Waals surface area contributed by atoms with Crippen LogP contribution in [-0.2, 0) is 16.0 Å². The molecule has 1 aliphatic carbocycles. The second-order valence-electron chi connectivity index (χ2n) is 9.06. The van der Waals surface area contributed by atoms with Gasteiger partial charge in [-0.15, -0.1) is 0 Å². The van der Waals surface area contributed by atoms with E-state index < -0.39 is 11.8 Å². The quantitative estimate of drug-likeness (QED) is 0.734. The van der Waals surface area contributed by atoms with E-state index in [1.165, 1.54) is 6.07 Å². The number of nitrogens with zero attached hydrogens (tertiary/aromatic N) is 1. The minimum atomic E-state index is -0.754. The number of hydrogen-bond acceptors (Lipinski definition) is 3. The maximum absolute atomic E-state index is 13.6. The monoisotopic (exact) mass is 389 g/mol. The molecule has 1 aliphatic heterocycles. The van der Waals surface area contributed by atoms with Gasteiger partial charge in [-0.25, -0.2) is 4.39 Å². The standard InChI is InChI=1S/C22H32FN3O2/c1-14(25-21(28)19(20(24)27)15-7-5-4-6-8-15)13-26-18-10-9-17(23)11-16(18)12-22(26,2)3/h9-11,14-15,19H,4-8,12-13H2,1-3H3,(H2,24,27)(H,25,28)/t14-,19?/m0/s1. The van der Waals surface area contributed by atoms with Crippen LogP contribution in [0.5, 0.6) is 0 Å². The lowest BCUT2D eigenvalue weighted by molar-refractivity contribution is -0.136. The number of nitrogens with one attached hydrogen (secondary N) is 1. The van der Waals surface area contributed by atoms with Crippen LogP contribution in [0.1, 0.15) is 58.4 Å². The molecule has 1 fully saturated rings. The second kappa shape index (κ2) is 8.10. The topological polar surface area (TPSA) is 75.4 Å². The molecule has 154 valence electrons. The first kappa shape index (κ1) is 20.6. The summed E-state index contributed by atoms with van der Waals surface area (Å²) in [5.74, 6) is -1.72. The molecule has 6 heteroatoms. The maximum atomic E-state index is 13.6. The zero-order chi connectivity index (χ0) is 20.5. The molecule has 0 spiro atoms. The van der Waals surface area contributed by atoms with Gasteiger partial charge in [-0.2, -0.15) is 0 Å². The van der Waals surface area contributed by atoms with Crippen molar-refractivity contribution in [3.63, 3.8) is 0 Å². The van der Waals surface area contributed by atoms with E-state index in [1.807, 2.05) is 13.0 Å². The van der Waals surface area contributed by atoms with E-state index in [1.54, 1.807) is 6.07 Å². The number of amides is 2. The summed E-state index contributed by atoms with van der Waals surface area (Å²) in [4.78, 5) is 27.0. The number of anilines is 1. The number of hydrogen-bond donors (Lipinski definition) is 2. The summed E-state index contributed by atoms with van der Waals surface area (Å²) in [7, 11) is 0. The van der Waals surface area contributed by atoms with Crippen molar-refractivity contribution in [1.82, 2.24) is 5.32 Å². The van der Waals surface area contributed by atoms with Crippen LogP contribution in [0.2, 0.25) is 0 Å². The Balaban J connectivity index is 1.68. The highest BCUT2D eigenvalue weighted by Gasteiger charge is 2.38. The van der Waals surface area contributed by atoms with Crippen LogP contribution in [0.25, 0.3) is 0 Å². The molecular weight excluding hydrogens is 357 g/mol. The number of primary amides is 1. The first-order valence-corrected chi connectivity index (χ1v) is 10.3. The normalized spacial score (nSPS) is 21.1. The third-order valence-corrected chi connectivity index (χ3v) is 6.24. The lowest BCUT2D eigenvalue weighted by atomic mass is 9.79. The maximum Gasteiger partial charge on any atom is 0.233 e. The Hall–Kier alpha value is -2.11. The van der Waals surface area contributed by atoms with Crippen molar-refractivity contribution >= 4 is 17.5 Å². The molecule has 2 atom stereocenters. The fraction of sp³-hybridized carbons (Fsp3) is 0.636. The number of nitrogens with two attached hydrogens (primary N) is 1. The van der Waals surface area contributed by atoms with Crippen LogP contribution >= 0.6 is 0 Å². The largest absolute Gasteiger partial charge is 0.369 e. The Morgan fingerprint density at radius 2 is 1.96 bits per heavy atom. The predicted molar refractivity (Wildman–Crippen MR) is 108 cm³/mol. The summed E-state index contributed by atoms with van der Waals surface area (Å²) in [6.07, 6.45) is 5.77. The second-order valence-corrected chi connectivity index (χ2v) is 9.06. The van der Waals surface area contributed by atoms with Crippen LogP contribution in [0.3, 0.4) is 0 Å². The van der Waals surface area contributed by atoms with Gasteiger partial charge in [0, 0.05) is 23.8 Å². The SMILES string of the molecule is C[C@@H](CN1c2ccc(F)cc2CC1(C)C)NC(=O)C(C(N)=O)C1CCCCC1. The Kier molecular flexibility index (Phi) is 5.96. The zero-order valence-corrected chi connectivity index (χ0v) is 17.1. The van der Waals surface area contributed by atoms with Gasteiger partial charge < -0.3 is 16.0 Å². The molecule has 0 bridgehead atoms. The fourth-order valence-electron chi connectivity index (χ4n) is 4.89. The number of halogens is 1. The lowest BCUT2D eigenvalue weighted by Crippen LogP contribution is -2.52. The highest BCUT2D eigenvalue weighted by Crippen LogP contribution is 2.39. The van der Waals surface area contributed by atoms with Crippen LogP contribution in [0.4, 0.5) is 10.1 Å². The summed E-state index contributed by atoms with van der Waals surface area (Å²) >= 11 is 0. The third kappa shape index (κ3) is 4.31. The Morgan fingerprint density at radius 1 is 1.29 bits per heavy atom. The lowest BCUT2D eigenvalue weighted by Gasteiger charge is -2.37. The van der Waals surface area contributed by atoms with E-state index in [0.29, 0.717) is 6.54 Å². The summed E-state index contributed by atoms with van der Waals surface area (Å²) in [6.45, 7) is 6.77. The molecule has 5 nitrogen and oxygen atoms in total. The first-order valence-electron chi connectivity index (χ1n) is 10.3. The van der Waals surface area contributed by atoms with E-state index in [9.17, 15) is 14.0 Å². The molecule has 0 saturated heterocycles. The smallest absolute Gasteiger partial charge is 0.233 e. The molecular formula is C22H32FN3O2. The van der Waals surface area contributed by atoms with Gasteiger partial charge in [-0.1, -0.05) is 19.3 Å². The van der Waals surface area contributed by atoms with Crippen molar-refractivity contribution in [2.45, 2.75) is 70.9 Å². The van der Waals surface area contributed by atoms with Gasteiger partial charge in [0.1, 0.15) is 11.7 Å². The van der Waals surface area contributed by atoms with Gasteiger partial charge in [0.2, 0.25) is 11.8 Å². The Bertz CT molecular complexity index is 743. The molecule has 1 saturated carbocycles. The summed E-state index contributed by atoms with van der Waals surface area (Å²) in [5, 5.41) is 3.01. The minimum Gasteiger partial charge on any atom is -0.369 e. The van der Waals surface area contributed by atoms with Crippen LogP contribution in [0.15, 0.2) is 18.2 Å². The molecule has 2 aliphatic rings. The minimum absolute atomic E-state index is 0.0466. The number of fused-ring (bicyclic) bond motifs is 1. The van der Waals surface area contributed by atoms with Crippen molar-refractivity contribution in [2.24, 2.45) is 17.6 Å². The van der Waals surface area contributed by atoms with Crippen molar-refractivity contribution in [2.75, 3.05) is 11.4 Å². The van der Waals surface area contributed by atoms with Gasteiger partial charge in [0.05, 0.1) is 0 Å². The van der Waals surface area contributed by atoms with Crippen LogP contribution in [0, 0.1) is 17.7 Å². The van der Waals surface area contributed by atoms with Gasteiger partial charge in [-0.05, 0) is 69.7 Å². The first-order chi connectivity index (χ1) is 13.2. The van der Waals surface area contributed by atoms with Crippen molar-refractivity contribution in [1.29, 1.82) is 0 Å². The summed E-state index contributed by atoms with van der Waals surface area (Å²) in [6, 6.07) is 4.71. The molecule has 3 N–H and O–H groups in total. The van der Waals surface area contributed by atoms with Gasteiger partial charge in [0.25, 0.3) is 0 Å². The van der Waals surface area contributed by atoms with Crippen molar-refractivity contribution in [3.8, 4) is 0 Å². The van der Waals surface area contributed by atoms with E-state index in [2.05, 4.69) is 24.1 Å². The van der Waals surface area contributed by atoms with Gasteiger partial charge in [-0.3, -0.25) is 9.59 Å². The predicted octanol–water partition coefficient (Wildman–Crippen LogP) is 3.15. The highest BCUT2D eigenvalue weighted by molar-refractivity contribution is 6.00. The summed E-state index contributed by atoms with van der Waals surface area (Å²) < 4.78 is 13.6. The summed E-state index contributed by atoms with van der Waals surface area (Å²) in [5.41, 5.74) is 7.41. The van der Waals surface area contributed by atoms with E-state index in [4.69, 9.17) is 5.73 Å². The Labute approximate surface area is 166 Å². The van der Waals surface area contributed by atoms with E-state index in [0.717, 1.165) is 49.8 Å². The van der Waals surface area contributed by atoms with Crippen LogP contribution < -0.4 is 16.0 Å². The molecule has 1 unspecified atom stereocenters. The molecule has 1 heterocycles.